The van der Waals surface area contributed by atoms with Crippen molar-refractivity contribution in [2.24, 2.45) is 5.41 Å². The number of piperidine rings is 2. The number of hydrogen-bond donors (Lipinski definition) is 1. The first-order valence-electron chi connectivity index (χ1n) is 10.2. The number of nitrogens with zero attached hydrogens (tertiary/aromatic N) is 3. The highest BCUT2D eigenvalue weighted by molar-refractivity contribution is 5.55. The van der Waals surface area contributed by atoms with Crippen molar-refractivity contribution < 1.29 is 4.52 Å². The van der Waals surface area contributed by atoms with Crippen molar-refractivity contribution in [3.8, 4) is 11.4 Å². The van der Waals surface area contributed by atoms with E-state index in [2.05, 4.69) is 39.6 Å². The molecule has 2 saturated heterocycles. The van der Waals surface area contributed by atoms with E-state index >= 15 is 0 Å². The van der Waals surface area contributed by atoms with Gasteiger partial charge in [-0.25, -0.2) is 0 Å². The van der Waals surface area contributed by atoms with Crippen LogP contribution in [0.25, 0.3) is 11.4 Å². The van der Waals surface area contributed by atoms with Gasteiger partial charge in [0.15, 0.2) is 0 Å². The molecule has 2 aliphatic heterocycles. The molecule has 1 saturated carbocycles. The molecule has 1 N–H and O–H groups in total. The van der Waals surface area contributed by atoms with Crippen LogP contribution in [0.1, 0.15) is 55.9 Å². The Kier molecular flexibility index (Phi) is 4.29. The van der Waals surface area contributed by atoms with E-state index in [0.29, 0.717) is 11.3 Å². The van der Waals surface area contributed by atoms with Gasteiger partial charge in [0.05, 0.1) is 0 Å². The Morgan fingerprint density at radius 1 is 1.15 bits per heavy atom. The molecule has 5 heteroatoms. The molecule has 1 aromatic carbocycles. The van der Waals surface area contributed by atoms with Crippen molar-refractivity contribution in [2.45, 2.75) is 51.0 Å². The van der Waals surface area contributed by atoms with Gasteiger partial charge in [0.2, 0.25) is 11.7 Å². The summed E-state index contributed by atoms with van der Waals surface area (Å²) in [5, 5.41) is 7.75. The molecule has 5 rings (SSSR count). The number of nitrogens with one attached hydrogen (secondary N) is 1. The summed E-state index contributed by atoms with van der Waals surface area (Å²) < 4.78 is 5.67. The zero-order valence-corrected chi connectivity index (χ0v) is 15.4. The summed E-state index contributed by atoms with van der Waals surface area (Å²) >= 11 is 0. The second-order valence-electron chi connectivity index (χ2n) is 8.36. The van der Waals surface area contributed by atoms with Crippen molar-refractivity contribution in [2.75, 3.05) is 26.2 Å². The minimum Gasteiger partial charge on any atom is -0.339 e. The van der Waals surface area contributed by atoms with Gasteiger partial charge in [-0.05, 0) is 75.3 Å². The summed E-state index contributed by atoms with van der Waals surface area (Å²) in [6, 6.07) is 8.66. The summed E-state index contributed by atoms with van der Waals surface area (Å²) in [6.45, 7) is 5.70. The van der Waals surface area contributed by atoms with Gasteiger partial charge in [-0.2, -0.15) is 4.98 Å². The predicted molar refractivity (Wildman–Crippen MR) is 101 cm³/mol. The fraction of sp³-hybridized carbons (Fsp3) is 0.619. The van der Waals surface area contributed by atoms with Gasteiger partial charge in [-0.1, -0.05) is 29.8 Å². The van der Waals surface area contributed by atoms with Crippen molar-refractivity contribution in [3.63, 3.8) is 0 Å². The van der Waals surface area contributed by atoms with Crippen LogP contribution < -0.4 is 5.32 Å². The fourth-order valence-electron chi connectivity index (χ4n) is 4.85. The molecule has 1 unspecified atom stereocenters. The topological polar surface area (TPSA) is 54.2 Å². The van der Waals surface area contributed by atoms with Gasteiger partial charge in [0, 0.05) is 18.0 Å². The molecule has 1 atom stereocenters. The molecule has 3 fully saturated rings. The summed E-state index contributed by atoms with van der Waals surface area (Å²) in [5.41, 5.74) is 2.86. The maximum Gasteiger partial charge on any atom is 0.230 e. The standard InChI is InChI=1S/C21H28N4O/c1-2-11-25(12-3-1)15-16-5-4-6-17(13-16)19-23-20(26-24-19)18-14-21(18)7-9-22-10-8-21/h4-6,13,18,22H,1-3,7-12,14-15H2. The molecule has 26 heavy (non-hydrogen) atoms. The summed E-state index contributed by atoms with van der Waals surface area (Å²) in [7, 11) is 0. The van der Waals surface area contributed by atoms with Gasteiger partial charge in [0.25, 0.3) is 0 Å². The van der Waals surface area contributed by atoms with Crippen molar-refractivity contribution in [1.29, 1.82) is 0 Å². The number of hydrogen-bond acceptors (Lipinski definition) is 5. The molecule has 0 amide bonds. The van der Waals surface area contributed by atoms with Gasteiger partial charge >= 0.3 is 0 Å². The molecule has 1 spiro atoms. The molecule has 1 aliphatic carbocycles. The van der Waals surface area contributed by atoms with Crippen molar-refractivity contribution >= 4 is 0 Å². The first kappa shape index (κ1) is 16.5. The summed E-state index contributed by atoms with van der Waals surface area (Å²) in [6.07, 6.45) is 7.71. The number of benzene rings is 1. The maximum absolute atomic E-state index is 5.67. The number of likely N-dealkylation sites (tertiary alicyclic amines) is 1. The van der Waals surface area contributed by atoms with Gasteiger partial charge in [-0.3, -0.25) is 4.90 Å². The van der Waals surface area contributed by atoms with E-state index < -0.39 is 0 Å². The smallest absolute Gasteiger partial charge is 0.230 e. The lowest BCUT2D eigenvalue weighted by atomic mass is 9.92. The van der Waals surface area contributed by atoms with Gasteiger partial charge < -0.3 is 9.84 Å². The third kappa shape index (κ3) is 3.19. The van der Waals surface area contributed by atoms with E-state index in [0.717, 1.165) is 36.9 Å². The zero-order chi connectivity index (χ0) is 17.4. The normalized spacial score (nSPS) is 25.5. The Morgan fingerprint density at radius 2 is 2.00 bits per heavy atom. The second-order valence-corrected chi connectivity index (χ2v) is 8.36. The van der Waals surface area contributed by atoms with Crippen molar-refractivity contribution in [1.82, 2.24) is 20.4 Å². The van der Waals surface area contributed by atoms with Gasteiger partial charge in [0.1, 0.15) is 0 Å². The molecule has 0 bridgehead atoms. The largest absolute Gasteiger partial charge is 0.339 e. The highest BCUT2D eigenvalue weighted by Crippen LogP contribution is 2.63. The molecule has 2 aromatic rings. The molecule has 3 aliphatic rings. The van der Waals surface area contributed by atoms with E-state index in [9.17, 15) is 0 Å². The third-order valence-electron chi connectivity index (χ3n) is 6.57. The Morgan fingerprint density at radius 3 is 2.85 bits per heavy atom. The van der Waals surface area contributed by atoms with E-state index in [-0.39, 0.29) is 0 Å². The van der Waals surface area contributed by atoms with Crippen LogP contribution in [0.4, 0.5) is 0 Å². The lowest BCUT2D eigenvalue weighted by Crippen LogP contribution is -2.29. The highest BCUT2D eigenvalue weighted by atomic mass is 16.5. The molecule has 5 nitrogen and oxygen atoms in total. The van der Waals surface area contributed by atoms with E-state index in [4.69, 9.17) is 9.51 Å². The SMILES string of the molecule is c1cc(CN2CCCCC2)cc(-c2noc(C3CC34CCNCC4)n2)c1. The molecule has 138 valence electrons. The number of rotatable bonds is 4. The second kappa shape index (κ2) is 6.78. The first-order chi connectivity index (χ1) is 12.8. The fourth-order valence-corrected chi connectivity index (χ4v) is 4.85. The Hall–Kier alpha value is -1.72. The van der Waals surface area contributed by atoms with Crippen LogP contribution in [-0.2, 0) is 6.54 Å². The van der Waals surface area contributed by atoms with Crippen molar-refractivity contribution in [3.05, 3.63) is 35.7 Å². The Balaban J connectivity index is 1.30. The van der Waals surface area contributed by atoms with Crippen LogP contribution in [0.5, 0.6) is 0 Å². The molecule has 1 aromatic heterocycles. The lowest BCUT2D eigenvalue weighted by molar-refractivity contribution is 0.221. The van der Waals surface area contributed by atoms with Crippen LogP contribution >= 0.6 is 0 Å². The minimum atomic E-state index is 0.436. The molecule has 0 radical (unpaired) electrons. The van der Waals surface area contributed by atoms with E-state index in [1.54, 1.807) is 0 Å². The monoisotopic (exact) mass is 352 g/mol. The molecule has 3 heterocycles. The average Bonchev–Trinajstić information content (AvgIpc) is 3.15. The minimum absolute atomic E-state index is 0.436. The quantitative estimate of drug-likeness (QED) is 0.911. The van der Waals surface area contributed by atoms with Crippen LogP contribution in [0.3, 0.4) is 0 Å². The Labute approximate surface area is 155 Å². The maximum atomic E-state index is 5.67. The molecular weight excluding hydrogens is 324 g/mol. The Bertz CT molecular complexity index is 759. The van der Waals surface area contributed by atoms with Crippen LogP contribution in [0.15, 0.2) is 28.8 Å². The first-order valence-corrected chi connectivity index (χ1v) is 10.2. The lowest BCUT2D eigenvalue weighted by Gasteiger charge is -2.26. The van der Waals surface area contributed by atoms with E-state index in [1.807, 2.05) is 0 Å². The van der Waals surface area contributed by atoms with Crippen LogP contribution in [0.2, 0.25) is 0 Å². The van der Waals surface area contributed by atoms with Crippen LogP contribution in [-0.4, -0.2) is 41.2 Å². The summed E-state index contributed by atoms with van der Waals surface area (Å²) in [4.78, 5) is 7.32. The summed E-state index contributed by atoms with van der Waals surface area (Å²) in [5.74, 6) is 2.07. The third-order valence-corrected chi connectivity index (χ3v) is 6.57. The van der Waals surface area contributed by atoms with E-state index in [1.165, 1.54) is 57.2 Å². The predicted octanol–water partition coefficient (Wildman–Crippen LogP) is 3.58. The van der Waals surface area contributed by atoms with Gasteiger partial charge in [-0.15, -0.1) is 0 Å². The molecular formula is C21H28N4O. The van der Waals surface area contributed by atoms with Crippen LogP contribution in [0, 0.1) is 5.41 Å². The number of aromatic nitrogens is 2. The average molecular weight is 352 g/mol. The zero-order valence-electron chi connectivity index (χ0n) is 15.4. The highest BCUT2D eigenvalue weighted by Gasteiger charge is 2.57.